The van der Waals surface area contributed by atoms with E-state index in [1.807, 2.05) is 0 Å². The Balaban J connectivity index is 0.999. The summed E-state index contributed by atoms with van der Waals surface area (Å²) < 4.78 is 2.41. The Labute approximate surface area is 363 Å². The van der Waals surface area contributed by atoms with Gasteiger partial charge in [-0.3, -0.25) is 0 Å². The molecule has 4 nitrogen and oxygen atoms in total. The quantitative estimate of drug-likeness (QED) is 0.163. The summed E-state index contributed by atoms with van der Waals surface area (Å²) in [4.78, 5) is 16.0. The molecule has 292 valence electrons. The van der Waals surface area contributed by atoms with Gasteiger partial charge in [0.25, 0.3) is 0 Å². The van der Waals surface area contributed by atoms with E-state index in [2.05, 4.69) is 223 Å². The highest BCUT2D eigenvalue weighted by molar-refractivity contribution is 6.19. The molecule has 0 bridgehead atoms. The summed E-state index contributed by atoms with van der Waals surface area (Å²) in [6, 6.07) is 78.0. The van der Waals surface area contributed by atoms with Gasteiger partial charge < -0.3 is 4.57 Å². The molecule has 0 aliphatic heterocycles. The zero-order valence-electron chi connectivity index (χ0n) is 34.1. The van der Waals surface area contributed by atoms with E-state index in [0.717, 1.165) is 83.1 Å². The molecule has 3 heterocycles. The first-order valence-electron chi connectivity index (χ1n) is 21.4. The maximum Gasteiger partial charge on any atom is 0.160 e. The van der Waals surface area contributed by atoms with Crippen molar-refractivity contribution in [2.45, 2.75) is 0 Å². The van der Waals surface area contributed by atoms with Crippen LogP contribution < -0.4 is 0 Å². The van der Waals surface area contributed by atoms with E-state index in [1.165, 1.54) is 37.7 Å². The molecule has 0 aliphatic carbocycles. The summed E-state index contributed by atoms with van der Waals surface area (Å²) >= 11 is 0. The van der Waals surface area contributed by atoms with Crippen molar-refractivity contribution >= 4 is 75.9 Å². The molecule has 0 atom stereocenters. The largest absolute Gasteiger partial charge is 0.309 e. The molecule has 63 heavy (non-hydrogen) atoms. The van der Waals surface area contributed by atoms with Crippen LogP contribution in [0.25, 0.3) is 127 Å². The molecule has 0 saturated carbocycles. The Bertz CT molecular complexity index is 3960. The number of pyridine rings is 1. The van der Waals surface area contributed by atoms with E-state index >= 15 is 0 Å². The Morgan fingerprint density at radius 1 is 0.286 bits per heavy atom. The molecular formula is C59H36N4. The average Bonchev–Trinajstić information content (AvgIpc) is 3.68. The van der Waals surface area contributed by atoms with Crippen molar-refractivity contribution in [3.8, 4) is 50.7 Å². The predicted octanol–water partition coefficient (Wildman–Crippen LogP) is 15.4. The number of fused-ring (bicyclic) bond motifs is 10. The van der Waals surface area contributed by atoms with E-state index in [-0.39, 0.29) is 0 Å². The fourth-order valence-corrected chi connectivity index (χ4v) is 9.82. The molecule has 0 saturated heterocycles. The van der Waals surface area contributed by atoms with Crippen LogP contribution >= 0.6 is 0 Å². The van der Waals surface area contributed by atoms with Crippen LogP contribution in [0.4, 0.5) is 0 Å². The first kappa shape index (κ1) is 35.3. The number of hydrogen-bond acceptors (Lipinski definition) is 3. The lowest BCUT2D eigenvalue weighted by atomic mass is 9.94. The van der Waals surface area contributed by atoms with Gasteiger partial charge in [0.1, 0.15) is 0 Å². The van der Waals surface area contributed by atoms with Crippen LogP contribution in [-0.2, 0) is 0 Å². The second-order valence-electron chi connectivity index (χ2n) is 16.3. The van der Waals surface area contributed by atoms with E-state index in [1.54, 1.807) is 0 Å². The van der Waals surface area contributed by atoms with Gasteiger partial charge in [0.15, 0.2) is 5.82 Å². The molecule has 13 rings (SSSR count). The lowest BCUT2D eigenvalue weighted by molar-refractivity contribution is 1.18. The van der Waals surface area contributed by atoms with Gasteiger partial charge in [0.05, 0.1) is 33.5 Å². The number of rotatable bonds is 5. The third kappa shape index (κ3) is 5.66. The van der Waals surface area contributed by atoms with Crippen molar-refractivity contribution < 1.29 is 0 Å². The van der Waals surface area contributed by atoms with Crippen LogP contribution in [0.1, 0.15) is 0 Å². The topological polar surface area (TPSA) is 43.6 Å². The molecule has 0 amide bonds. The van der Waals surface area contributed by atoms with Crippen LogP contribution in [0.15, 0.2) is 218 Å². The second-order valence-corrected chi connectivity index (χ2v) is 16.3. The van der Waals surface area contributed by atoms with Crippen molar-refractivity contribution in [1.82, 2.24) is 19.5 Å². The fraction of sp³-hybridized carbons (Fsp3) is 0. The third-order valence-corrected chi connectivity index (χ3v) is 12.7. The Hall–Kier alpha value is -8.47. The van der Waals surface area contributed by atoms with Gasteiger partial charge in [-0.05, 0) is 86.6 Å². The highest BCUT2D eigenvalue weighted by Crippen LogP contribution is 2.41. The molecule has 10 aromatic carbocycles. The van der Waals surface area contributed by atoms with Crippen molar-refractivity contribution in [1.29, 1.82) is 0 Å². The molecule has 0 N–H and O–H groups in total. The minimum Gasteiger partial charge on any atom is -0.309 e. The average molecular weight is 801 g/mol. The first-order valence-corrected chi connectivity index (χ1v) is 21.4. The smallest absolute Gasteiger partial charge is 0.160 e. The molecule has 13 aromatic rings. The minimum absolute atomic E-state index is 0.698. The number of aromatic nitrogens is 4. The normalized spacial score (nSPS) is 11.8. The Morgan fingerprint density at radius 2 is 0.905 bits per heavy atom. The minimum atomic E-state index is 0.698. The SMILES string of the molecule is c1ccc(-c2nc3cc4c5ccc(-c6cccc(-c7nc(-c8cc9ccccc9c9ccccc89)c8ccccc8n7)c6)cc5n(-c5ccccc5)c4cc3c3ccccc23)cc1. The monoisotopic (exact) mass is 800 g/mol. The molecule has 0 unspecified atom stereocenters. The maximum absolute atomic E-state index is 5.42. The number of hydrogen-bond donors (Lipinski definition) is 0. The van der Waals surface area contributed by atoms with Gasteiger partial charge >= 0.3 is 0 Å². The standard InChI is InChI=1S/C59H36N4/c1-3-16-37(17-4-1)57-48-27-12-11-26-46(48)50-36-56-51(35-54(50)60-57)47-31-30-39(34-55(47)63(56)42-21-5-2-6-22-42)38-19-15-20-41(32-38)59-61-53-29-14-13-28-49(53)58(62-59)52-33-40-18-7-8-23-43(40)44-24-9-10-25-45(44)52/h1-36H. The molecule has 0 aliphatic rings. The Morgan fingerprint density at radius 3 is 1.73 bits per heavy atom. The lowest BCUT2D eigenvalue weighted by Gasteiger charge is -2.14. The van der Waals surface area contributed by atoms with Crippen LogP contribution in [0.5, 0.6) is 0 Å². The summed E-state index contributed by atoms with van der Waals surface area (Å²) in [5.41, 5.74) is 12.6. The maximum atomic E-state index is 5.42. The van der Waals surface area contributed by atoms with E-state index in [0.29, 0.717) is 5.82 Å². The molecular weight excluding hydrogens is 765 g/mol. The fourth-order valence-electron chi connectivity index (χ4n) is 9.82. The summed E-state index contributed by atoms with van der Waals surface area (Å²) in [5.74, 6) is 0.698. The van der Waals surface area contributed by atoms with Gasteiger partial charge in [-0.2, -0.15) is 0 Å². The van der Waals surface area contributed by atoms with Crippen LogP contribution in [-0.4, -0.2) is 19.5 Å². The highest BCUT2D eigenvalue weighted by atomic mass is 15.0. The lowest BCUT2D eigenvalue weighted by Crippen LogP contribution is -1.96. The molecule has 4 heteroatoms. The third-order valence-electron chi connectivity index (χ3n) is 12.7. The summed E-state index contributed by atoms with van der Waals surface area (Å²) in [7, 11) is 0. The summed E-state index contributed by atoms with van der Waals surface area (Å²) in [6.45, 7) is 0. The molecule has 3 aromatic heterocycles. The van der Waals surface area contributed by atoms with E-state index in [9.17, 15) is 0 Å². The molecule has 0 radical (unpaired) electrons. The van der Waals surface area contributed by atoms with Crippen LogP contribution in [0.2, 0.25) is 0 Å². The zero-order valence-corrected chi connectivity index (χ0v) is 34.1. The van der Waals surface area contributed by atoms with Gasteiger partial charge in [0.2, 0.25) is 0 Å². The number of para-hydroxylation sites is 2. The second kappa shape index (κ2) is 14.1. The predicted molar refractivity (Wildman–Crippen MR) is 263 cm³/mol. The van der Waals surface area contributed by atoms with E-state index in [4.69, 9.17) is 15.0 Å². The zero-order chi connectivity index (χ0) is 41.4. The van der Waals surface area contributed by atoms with Gasteiger partial charge in [-0.15, -0.1) is 0 Å². The van der Waals surface area contributed by atoms with Gasteiger partial charge in [-0.1, -0.05) is 170 Å². The number of nitrogens with zero attached hydrogens (tertiary/aromatic N) is 4. The van der Waals surface area contributed by atoms with Crippen molar-refractivity contribution in [2.24, 2.45) is 0 Å². The van der Waals surface area contributed by atoms with Crippen LogP contribution in [0, 0.1) is 0 Å². The van der Waals surface area contributed by atoms with Crippen LogP contribution in [0.3, 0.4) is 0 Å². The van der Waals surface area contributed by atoms with Crippen molar-refractivity contribution in [3.63, 3.8) is 0 Å². The molecule has 0 fully saturated rings. The summed E-state index contributed by atoms with van der Waals surface area (Å²) in [5, 5.41) is 11.7. The van der Waals surface area contributed by atoms with E-state index < -0.39 is 0 Å². The van der Waals surface area contributed by atoms with Crippen molar-refractivity contribution in [2.75, 3.05) is 0 Å². The van der Waals surface area contributed by atoms with Gasteiger partial charge in [0, 0.05) is 49.3 Å². The number of benzene rings is 10. The first-order chi connectivity index (χ1) is 31.2. The Kier molecular flexibility index (Phi) is 7.87. The van der Waals surface area contributed by atoms with Crippen molar-refractivity contribution in [3.05, 3.63) is 218 Å². The molecule has 0 spiro atoms. The van der Waals surface area contributed by atoms with Gasteiger partial charge in [-0.25, -0.2) is 15.0 Å². The highest BCUT2D eigenvalue weighted by Gasteiger charge is 2.19. The summed E-state index contributed by atoms with van der Waals surface area (Å²) in [6.07, 6.45) is 0.